The Kier molecular flexibility index (Phi) is 6.85. The fourth-order valence-electron chi connectivity index (χ4n) is 3.51. The second kappa shape index (κ2) is 8.75. The first-order chi connectivity index (χ1) is 13.1. The standard InChI is InChI=1S/C20H25ClN2O5/c1-11(2)22(12(3)4)23-17(13-7-9-14(21)10-8-13)15(19(25)27-5)16(18(23)24)20(26)28-6/h7-12,17H,1-6H3. The van der Waals surface area contributed by atoms with Crippen LogP contribution in [0.5, 0.6) is 0 Å². The van der Waals surface area contributed by atoms with E-state index >= 15 is 0 Å². The van der Waals surface area contributed by atoms with E-state index < -0.39 is 23.9 Å². The number of ether oxygens (including phenoxy) is 2. The van der Waals surface area contributed by atoms with Crippen LogP contribution in [0.15, 0.2) is 35.4 Å². The normalized spacial score (nSPS) is 17.1. The molecule has 0 bridgehead atoms. The molecular weight excluding hydrogens is 384 g/mol. The van der Waals surface area contributed by atoms with Crippen molar-refractivity contribution < 1.29 is 23.9 Å². The Morgan fingerprint density at radius 1 is 1.00 bits per heavy atom. The predicted molar refractivity (Wildman–Crippen MR) is 104 cm³/mol. The van der Waals surface area contributed by atoms with Crippen LogP contribution in [0.4, 0.5) is 0 Å². The molecule has 0 spiro atoms. The van der Waals surface area contributed by atoms with Crippen molar-refractivity contribution >= 4 is 29.4 Å². The minimum absolute atomic E-state index is 0.0482. The van der Waals surface area contributed by atoms with Gasteiger partial charge in [0.25, 0.3) is 5.91 Å². The Morgan fingerprint density at radius 3 is 1.93 bits per heavy atom. The smallest absolute Gasteiger partial charge is 0.344 e. The van der Waals surface area contributed by atoms with Gasteiger partial charge in [-0.2, -0.15) is 0 Å². The molecule has 152 valence electrons. The highest BCUT2D eigenvalue weighted by atomic mass is 35.5. The molecule has 0 saturated heterocycles. The van der Waals surface area contributed by atoms with Gasteiger partial charge in [-0.05, 0) is 45.4 Å². The number of benzene rings is 1. The third kappa shape index (κ3) is 3.91. The number of rotatable bonds is 6. The molecule has 1 atom stereocenters. The molecule has 8 heteroatoms. The van der Waals surface area contributed by atoms with Gasteiger partial charge in [-0.25, -0.2) is 14.6 Å². The molecule has 0 fully saturated rings. The minimum Gasteiger partial charge on any atom is -0.466 e. The maximum absolute atomic E-state index is 13.3. The third-order valence-electron chi connectivity index (χ3n) is 4.50. The van der Waals surface area contributed by atoms with E-state index in [1.807, 2.05) is 32.7 Å². The van der Waals surface area contributed by atoms with E-state index in [0.717, 1.165) is 0 Å². The lowest BCUT2D eigenvalue weighted by molar-refractivity contribution is -0.158. The highest BCUT2D eigenvalue weighted by Crippen LogP contribution is 2.41. The van der Waals surface area contributed by atoms with Crippen LogP contribution in [0.1, 0.15) is 39.3 Å². The van der Waals surface area contributed by atoms with Gasteiger partial charge in [0.15, 0.2) is 0 Å². The summed E-state index contributed by atoms with van der Waals surface area (Å²) in [5, 5.41) is 3.79. The maximum atomic E-state index is 13.3. The number of nitrogens with zero attached hydrogens (tertiary/aromatic N) is 2. The average Bonchev–Trinajstić information content (AvgIpc) is 2.93. The first kappa shape index (κ1) is 21.9. The summed E-state index contributed by atoms with van der Waals surface area (Å²) >= 11 is 6.01. The number of halogens is 1. The summed E-state index contributed by atoms with van der Waals surface area (Å²) in [6.45, 7) is 7.72. The summed E-state index contributed by atoms with van der Waals surface area (Å²) in [4.78, 5) is 38.4. The van der Waals surface area contributed by atoms with E-state index in [4.69, 9.17) is 21.1 Å². The van der Waals surface area contributed by atoms with Crippen molar-refractivity contribution in [3.8, 4) is 0 Å². The molecule has 0 N–H and O–H groups in total. The Balaban J connectivity index is 2.78. The molecule has 2 rings (SSSR count). The van der Waals surface area contributed by atoms with Crippen LogP contribution < -0.4 is 0 Å². The molecule has 28 heavy (non-hydrogen) atoms. The van der Waals surface area contributed by atoms with Gasteiger partial charge in [0.1, 0.15) is 11.6 Å². The number of methoxy groups -OCH3 is 2. The van der Waals surface area contributed by atoms with Gasteiger partial charge in [0.05, 0.1) is 19.8 Å². The number of hydrogen-bond donors (Lipinski definition) is 0. The number of carbonyl (C=O) groups is 3. The summed E-state index contributed by atoms with van der Waals surface area (Å²) in [7, 11) is 2.37. The van der Waals surface area contributed by atoms with Gasteiger partial charge in [-0.15, -0.1) is 0 Å². The van der Waals surface area contributed by atoms with Crippen molar-refractivity contribution in [2.75, 3.05) is 14.2 Å². The molecule has 1 heterocycles. The van der Waals surface area contributed by atoms with E-state index in [9.17, 15) is 14.4 Å². The van der Waals surface area contributed by atoms with Crippen molar-refractivity contribution in [1.29, 1.82) is 0 Å². The summed E-state index contributed by atoms with van der Waals surface area (Å²) in [6, 6.07) is 5.78. The molecule has 1 aliphatic heterocycles. The van der Waals surface area contributed by atoms with E-state index in [-0.39, 0.29) is 23.2 Å². The van der Waals surface area contributed by atoms with Crippen molar-refractivity contribution in [2.24, 2.45) is 0 Å². The SMILES string of the molecule is COC(=O)C1=C(C(=O)OC)C(c2ccc(Cl)cc2)N(N(C(C)C)C(C)C)C1=O. The molecule has 0 radical (unpaired) electrons. The largest absolute Gasteiger partial charge is 0.466 e. The third-order valence-corrected chi connectivity index (χ3v) is 4.75. The summed E-state index contributed by atoms with van der Waals surface area (Å²) in [5.41, 5.74) is 0.261. The lowest BCUT2D eigenvalue weighted by Gasteiger charge is -2.42. The summed E-state index contributed by atoms with van der Waals surface area (Å²) < 4.78 is 9.69. The monoisotopic (exact) mass is 408 g/mol. The molecule has 1 aromatic carbocycles. The van der Waals surface area contributed by atoms with Crippen LogP contribution in [0.3, 0.4) is 0 Å². The number of hydrazine groups is 1. The van der Waals surface area contributed by atoms with Crippen molar-refractivity contribution in [1.82, 2.24) is 10.0 Å². The molecule has 1 aromatic rings. The van der Waals surface area contributed by atoms with Crippen LogP contribution in [-0.4, -0.2) is 54.2 Å². The highest BCUT2D eigenvalue weighted by molar-refractivity contribution is 6.30. The molecule has 7 nitrogen and oxygen atoms in total. The first-order valence-corrected chi connectivity index (χ1v) is 9.31. The molecule has 0 aliphatic carbocycles. The lowest BCUT2D eigenvalue weighted by Crippen LogP contribution is -2.53. The number of amides is 1. The fraction of sp³-hybridized carbons (Fsp3) is 0.450. The Bertz CT molecular complexity index is 793. The second-order valence-corrected chi connectivity index (χ2v) is 7.38. The summed E-state index contributed by atoms with van der Waals surface area (Å²) in [5.74, 6) is -2.24. The number of hydrogen-bond acceptors (Lipinski definition) is 6. The maximum Gasteiger partial charge on any atom is 0.344 e. The minimum atomic E-state index is -0.876. The van der Waals surface area contributed by atoms with Gasteiger partial charge in [0.2, 0.25) is 0 Å². The van der Waals surface area contributed by atoms with Gasteiger partial charge in [-0.1, -0.05) is 23.7 Å². The Labute approximate surface area is 169 Å². The predicted octanol–water partition coefficient (Wildman–Crippen LogP) is 2.90. The zero-order chi connectivity index (χ0) is 21.2. The van der Waals surface area contributed by atoms with Crippen LogP contribution in [0.2, 0.25) is 5.02 Å². The molecule has 0 saturated carbocycles. The van der Waals surface area contributed by atoms with Gasteiger partial charge in [0, 0.05) is 17.1 Å². The molecular formula is C20H25ClN2O5. The van der Waals surface area contributed by atoms with E-state index in [0.29, 0.717) is 10.6 Å². The molecule has 0 aromatic heterocycles. The first-order valence-electron chi connectivity index (χ1n) is 8.93. The topological polar surface area (TPSA) is 76.2 Å². The highest BCUT2D eigenvalue weighted by Gasteiger charge is 2.50. The van der Waals surface area contributed by atoms with Crippen LogP contribution in [0.25, 0.3) is 0 Å². The zero-order valence-electron chi connectivity index (χ0n) is 16.9. The fourth-order valence-corrected chi connectivity index (χ4v) is 3.64. The Hall–Kier alpha value is -2.38. The van der Waals surface area contributed by atoms with E-state index in [1.54, 1.807) is 24.3 Å². The van der Waals surface area contributed by atoms with Crippen molar-refractivity contribution in [3.63, 3.8) is 0 Å². The zero-order valence-corrected chi connectivity index (χ0v) is 17.6. The van der Waals surface area contributed by atoms with Crippen LogP contribution >= 0.6 is 11.6 Å². The Morgan fingerprint density at radius 2 is 1.50 bits per heavy atom. The van der Waals surface area contributed by atoms with Crippen LogP contribution in [0, 0.1) is 0 Å². The van der Waals surface area contributed by atoms with Gasteiger partial charge < -0.3 is 9.47 Å². The second-order valence-electron chi connectivity index (χ2n) is 6.94. The lowest BCUT2D eigenvalue weighted by atomic mass is 9.98. The van der Waals surface area contributed by atoms with Crippen molar-refractivity contribution in [3.05, 3.63) is 46.0 Å². The molecule has 1 aliphatic rings. The van der Waals surface area contributed by atoms with Crippen LogP contribution in [-0.2, 0) is 23.9 Å². The van der Waals surface area contributed by atoms with E-state index in [2.05, 4.69) is 0 Å². The number of esters is 2. The number of carbonyl (C=O) groups excluding carboxylic acids is 3. The molecule has 1 amide bonds. The molecule has 1 unspecified atom stereocenters. The average molecular weight is 409 g/mol. The van der Waals surface area contributed by atoms with Gasteiger partial charge in [-0.3, -0.25) is 9.80 Å². The quantitative estimate of drug-likeness (QED) is 0.532. The van der Waals surface area contributed by atoms with E-state index in [1.165, 1.54) is 19.2 Å². The van der Waals surface area contributed by atoms with Gasteiger partial charge >= 0.3 is 11.9 Å². The van der Waals surface area contributed by atoms with Crippen molar-refractivity contribution in [2.45, 2.75) is 45.8 Å². The summed E-state index contributed by atoms with van der Waals surface area (Å²) in [6.07, 6.45) is 0.